The molecule has 2 rings (SSSR count). The molecule has 1 aliphatic rings. The summed E-state index contributed by atoms with van der Waals surface area (Å²) in [6.45, 7) is 3.98. The van der Waals surface area contributed by atoms with Crippen LogP contribution in [0, 0.1) is 19.8 Å². The van der Waals surface area contributed by atoms with Gasteiger partial charge in [0.15, 0.2) is 0 Å². The summed E-state index contributed by atoms with van der Waals surface area (Å²) in [7, 11) is 0. The molecule has 6 heteroatoms. The molecule has 2 N–H and O–H groups in total. The van der Waals surface area contributed by atoms with Crippen molar-refractivity contribution in [3.63, 3.8) is 0 Å². The fraction of sp³-hybridized carbons (Fsp3) is 0.750. The van der Waals surface area contributed by atoms with E-state index in [-0.39, 0.29) is 25.1 Å². The van der Waals surface area contributed by atoms with Crippen LogP contribution in [-0.4, -0.2) is 33.4 Å². The number of carbonyl (C=O) groups is 1. The lowest BCUT2D eigenvalue weighted by Gasteiger charge is -2.30. The zero-order valence-electron chi connectivity index (χ0n) is 13.4. The van der Waals surface area contributed by atoms with E-state index in [1.165, 1.54) is 19.3 Å². The predicted molar refractivity (Wildman–Crippen MR) is 86.9 cm³/mol. The molecule has 0 aliphatic heterocycles. The fourth-order valence-corrected chi connectivity index (χ4v) is 3.45. The van der Waals surface area contributed by atoms with E-state index in [4.69, 9.17) is 11.6 Å². The van der Waals surface area contributed by atoms with Crippen molar-refractivity contribution in [1.82, 2.24) is 15.1 Å². The molecule has 124 valence electrons. The van der Waals surface area contributed by atoms with Gasteiger partial charge in [0.1, 0.15) is 6.54 Å². The number of hydrogen-bond acceptors (Lipinski definition) is 3. The molecular weight excluding hydrogens is 302 g/mol. The first-order chi connectivity index (χ1) is 10.5. The zero-order chi connectivity index (χ0) is 16.1. The Hall–Kier alpha value is -1.07. The first kappa shape index (κ1) is 17.3. The Morgan fingerprint density at radius 1 is 1.41 bits per heavy atom. The predicted octanol–water partition coefficient (Wildman–Crippen LogP) is 2.60. The van der Waals surface area contributed by atoms with Crippen molar-refractivity contribution < 1.29 is 9.90 Å². The van der Waals surface area contributed by atoms with E-state index in [1.54, 1.807) is 4.68 Å². The highest BCUT2D eigenvalue weighted by atomic mass is 35.5. The van der Waals surface area contributed by atoms with E-state index < -0.39 is 0 Å². The van der Waals surface area contributed by atoms with E-state index in [0.29, 0.717) is 17.4 Å². The number of aromatic nitrogens is 2. The second-order valence-corrected chi connectivity index (χ2v) is 6.60. The average molecular weight is 328 g/mol. The molecule has 1 amide bonds. The SMILES string of the molecule is Cc1nn(CC(=O)NC(CCO)C2CCCCC2)c(C)c1Cl. The number of carbonyl (C=O) groups excluding carboxylic acids is 1. The zero-order valence-corrected chi connectivity index (χ0v) is 14.2. The number of halogens is 1. The highest BCUT2D eigenvalue weighted by Crippen LogP contribution is 2.27. The van der Waals surface area contributed by atoms with E-state index >= 15 is 0 Å². The number of hydrogen-bond donors (Lipinski definition) is 2. The van der Waals surface area contributed by atoms with Gasteiger partial charge in [0.25, 0.3) is 0 Å². The van der Waals surface area contributed by atoms with Gasteiger partial charge < -0.3 is 10.4 Å². The first-order valence-corrected chi connectivity index (χ1v) is 8.50. The Balaban J connectivity index is 1.96. The Kier molecular flexibility index (Phi) is 6.26. The van der Waals surface area contributed by atoms with Crippen molar-refractivity contribution >= 4 is 17.5 Å². The van der Waals surface area contributed by atoms with Crippen LogP contribution in [0.5, 0.6) is 0 Å². The minimum Gasteiger partial charge on any atom is -0.396 e. The van der Waals surface area contributed by atoms with E-state index in [9.17, 15) is 9.90 Å². The highest BCUT2D eigenvalue weighted by Gasteiger charge is 2.25. The minimum atomic E-state index is -0.0636. The van der Waals surface area contributed by atoms with Crippen LogP contribution >= 0.6 is 11.6 Å². The maximum atomic E-state index is 12.3. The maximum absolute atomic E-state index is 12.3. The lowest BCUT2D eigenvalue weighted by atomic mass is 9.82. The number of nitrogens with one attached hydrogen (secondary N) is 1. The molecule has 0 radical (unpaired) electrons. The number of aliphatic hydroxyl groups excluding tert-OH is 1. The summed E-state index contributed by atoms with van der Waals surface area (Å²) in [5.74, 6) is 0.417. The van der Waals surface area contributed by atoms with Gasteiger partial charge in [-0.1, -0.05) is 30.9 Å². The molecule has 0 spiro atoms. The second kappa shape index (κ2) is 7.97. The lowest BCUT2D eigenvalue weighted by molar-refractivity contribution is -0.123. The molecule has 1 heterocycles. The number of rotatable bonds is 6. The molecule has 1 fully saturated rings. The second-order valence-electron chi connectivity index (χ2n) is 6.23. The van der Waals surface area contributed by atoms with E-state index in [2.05, 4.69) is 10.4 Å². The summed E-state index contributed by atoms with van der Waals surface area (Å²) < 4.78 is 1.64. The van der Waals surface area contributed by atoms with Crippen molar-refractivity contribution in [2.75, 3.05) is 6.61 Å². The monoisotopic (exact) mass is 327 g/mol. The smallest absolute Gasteiger partial charge is 0.241 e. The molecule has 5 nitrogen and oxygen atoms in total. The van der Waals surface area contributed by atoms with E-state index in [1.807, 2.05) is 13.8 Å². The van der Waals surface area contributed by atoms with Gasteiger partial charge in [0.05, 0.1) is 16.4 Å². The van der Waals surface area contributed by atoms with Crippen LogP contribution in [0.25, 0.3) is 0 Å². The third-order valence-electron chi connectivity index (χ3n) is 4.59. The summed E-state index contributed by atoms with van der Waals surface area (Å²) in [4.78, 5) is 12.3. The number of amides is 1. The number of nitrogens with zero attached hydrogens (tertiary/aromatic N) is 2. The van der Waals surface area contributed by atoms with Crippen LogP contribution in [0.3, 0.4) is 0 Å². The van der Waals surface area contributed by atoms with Crippen molar-refractivity contribution in [3.05, 3.63) is 16.4 Å². The van der Waals surface area contributed by atoms with Crippen molar-refractivity contribution in [3.8, 4) is 0 Å². The summed E-state index contributed by atoms with van der Waals surface area (Å²) in [5, 5.41) is 17.3. The van der Waals surface area contributed by atoms with Crippen molar-refractivity contribution in [2.24, 2.45) is 5.92 Å². The standard InChI is InChI=1S/C16H26ClN3O2/c1-11-16(17)12(2)20(19-11)10-15(22)18-14(8-9-21)13-6-4-3-5-7-13/h13-14,21H,3-10H2,1-2H3,(H,18,22). The van der Waals surface area contributed by atoms with Gasteiger partial charge in [-0.3, -0.25) is 9.48 Å². The topological polar surface area (TPSA) is 67.2 Å². The van der Waals surface area contributed by atoms with Crippen LogP contribution in [0.2, 0.25) is 5.02 Å². The van der Waals surface area contributed by atoms with Gasteiger partial charge in [-0.15, -0.1) is 0 Å². The molecule has 0 aromatic carbocycles. The number of aliphatic hydroxyl groups is 1. The van der Waals surface area contributed by atoms with Gasteiger partial charge in [0.2, 0.25) is 5.91 Å². The van der Waals surface area contributed by atoms with Crippen molar-refractivity contribution in [2.45, 2.75) is 65.0 Å². The maximum Gasteiger partial charge on any atom is 0.241 e. The average Bonchev–Trinajstić information content (AvgIpc) is 2.75. The summed E-state index contributed by atoms with van der Waals surface area (Å²) in [5.41, 5.74) is 1.55. The lowest BCUT2D eigenvalue weighted by Crippen LogP contribution is -2.43. The molecular formula is C16H26ClN3O2. The van der Waals surface area contributed by atoms with Crippen LogP contribution in [0.15, 0.2) is 0 Å². The van der Waals surface area contributed by atoms with Gasteiger partial charge in [0, 0.05) is 12.6 Å². The largest absolute Gasteiger partial charge is 0.396 e. The van der Waals surface area contributed by atoms with Crippen LogP contribution < -0.4 is 5.32 Å². The van der Waals surface area contributed by atoms with Gasteiger partial charge in [-0.25, -0.2) is 0 Å². The van der Waals surface area contributed by atoms with Gasteiger partial charge in [-0.2, -0.15) is 5.10 Å². The van der Waals surface area contributed by atoms with Gasteiger partial charge >= 0.3 is 0 Å². The normalized spacial score (nSPS) is 17.5. The molecule has 1 aromatic rings. The van der Waals surface area contributed by atoms with Crippen LogP contribution in [-0.2, 0) is 11.3 Å². The molecule has 1 atom stereocenters. The van der Waals surface area contributed by atoms with Crippen molar-refractivity contribution in [1.29, 1.82) is 0 Å². The van der Waals surface area contributed by atoms with Crippen LogP contribution in [0.4, 0.5) is 0 Å². The van der Waals surface area contributed by atoms with Gasteiger partial charge in [-0.05, 0) is 39.0 Å². The minimum absolute atomic E-state index is 0.0604. The number of aryl methyl sites for hydroxylation is 1. The molecule has 1 aliphatic carbocycles. The first-order valence-electron chi connectivity index (χ1n) is 8.12. The summed E-state index contributed by atoms with van der Waals surface area (Å²) >= 11 is 6.11. The summed E-state index contributed by atoms with van der Waals surface area (Å²) in [6.07, 6.45) is 6.60. The quantitative estimate of drug-likeness (QED) is 0.844. The Labute approximate surface area is 137 Å². The molecule has 0 bridgehead atoms. The summed E-state index contributed by atoms with van der Waals surface area (Å²) in [6, 6.07) is 0.0604. The van der Waals surface area contributed by atoms with E-state index in [0.717, 1.165) is 24.2 Å². The Morgan fingerprint density at radius 3 is 2.64 bits per heavy atom. The Morgan fingerprint density at radius 2 is 2.09 bits per heavy atom. The third kappa shape index (κ3) is 4.23. The molecule has 1 aromatic heterocycles. The molecule has 22 heavy (non-hydrogen) atoms. The molecule has 1 saturated carbocycles. The highest BCUT2D eigenvalue weighted by molar-refractivity contribution is 6.31. The third-order valence-corrected chi connectivity index (χ3v) is 5.14. The molecule has 0 saturated heterocycles. The van der Waals surface area contributed by atoms with Crippen LogP contribution in [0.1, 0.15) is 49.9 Å². The molecule has 1 unspecified atom stereocenters. The Bertz CT molecular complexity index is 510. The fourth-order valence-electron chi connectivity index (χ4n) is 3.32.